The molecule has 4 rings (SSSR count). The van der Waals surface area contributed by atoms with Gasteiger partial charge < -0.3 is 9.73 Å². The van der Waals surface area contributed by atoms with Crippen LogP contribution in [0.1, 0.15) is 49.4 Å². The molecule has 142 valence electrons. The van der Waals surface area contributed by atoms with Crippen LogP contribution < -0.4 is 11.1 Å². The van der Waals surface area contributed by atoms with Gasteiger partial charge in [-0.1, -0.05) is 31.0 Å². The van der Waals surface area contributed by atoms with Crippen LogP contribution >= 0.6 is 11.3 Å². The van der Waals surface area contributed by atoms with Gasteiger partial charge in [0.05, 0.1) is 11.6 Å². The number of aromatic nitrogens is 1. The van der Waals surface area contributed by atoms with Gasteiger partial charge in [0, 0.05) is 17.8 Å². The van der Waals surface area contributed by atoms with E-state index in [1.807, 2.05) is 24.3 Å². The summed E-state index contributed by atoms with van der Waals surface area (Å²) in [6, 6.07) is 11.7. The number of benzene rings is 1. The number of oxazole rings is 1. The first-order valence-corrected chi connectivity index (χ1v) is 10.5. The van der Waals surface area contributed by atoms with Gasteiger partial charge in [0.2, 0.25) is 5.91 Å². The van der Waals surface area contributed by atoms with Crippen LogP contribution in [0.2, 0.25) is 0 Å². The second-order valence-corrected chi connectivity index (χ2v) is 8.18. The summed E-state index contributed by atoms with van der Waals surface area (Å²) in [5.41, 5.74) is 1.37. The summed E-state index contributed by atoms with van der Waals surface area (Å²) in [5, 5.41) is 5.32. The van der Waals surface area contributed by atoms with Gasteiger partial charge in [-0.25, -0.2) is 4.79 Å². The number of nitrogens with zero attached hydrogens (tertiary/aromatic N) is 1. The van der Waals surface area contributed by atoms with Crippen LogP contribution in [-0.4, -0.2) is 10.5 Å². The molecule has 1 atom stereocenters. The molecule has 3 aromatic rings. The molecule has 2 heterocycles. The Morgan fingerprint density at radius 3 is 2.81 bits per heavy atom. The SMILES string of the molecule is O=C(CCCn1c(=O)oc2ccccc21)NC(c1cccs1)C1CCCC1. The van der Waals surface area contributed by atoms with Crippen molar-refractivity contribution in [1.82, 2.24) is 9.88 Å². The van der Waals surface area contributed by atoms with Gasteiger partial charge in [-0.3, -0.25) is 9.36 Å². The Morgan fingerprint density at radius 2 is 2.04 bits per heavy atom. The molecule has 2 aromatic heterocycles. The average Bonchev–Trinajstić information content (AvgIpc) is 3.42. The number of fused-ring (bicyclic) bond motifs is 1. The molecule has 5 nitrogen and oxygen atoms in total. The van der Waals surface area contributed by atoms with E-state index in [0.29, 0.717) is 30.9 Å². The third kappa shape index (κ3) is 4.00. The molecule has 1 saturated carbocycles. The molecule has 1 fully saturated rings. The summed E-state index contributed by atoms with van der Waals surface area (Å²) >= 11 is 1.71. The maximum Gasteiger partial charge on any atom is 0.419 e. The Labute approximate surface area is 162 Å². The van der Waals surface area contributed by atoms with Crippen LogP contribution in [0.15, 0.2) is 51.0 Å². The first kappa shape index (κ1) is 18.0. The molecular formula is C21H24N2O3S. The van der Waals surface area contributed by atoms with E-state index in [4.69, 9.17) is 4.42 Å². The van der Waals surface area contributed by atoms with E-state index in [0.717, 1.165) is 5.52 Å². The zero-order valence-corrected chi connectivity index (χ0v) is 16.0. The van der Waals surface area contributed by atoms with Crippen LogP contribution in [0.25, 0.3) is 11.1 Å². The van der Waals surface area contributed by atoms with Crippen molar-refractivity contribution in [3.8, 4) is 0 Å². The number of carbonyl (C=O) groups is 1. The van der Waals surface area contributed by atoms with Gasteiger partial charge in [0.15, 0.2) is 5.58 Å². The Bertz CT molecular complexity index is 951. The second kappa shape index (κ2) is 8.13. The molecule has 27 heavy (non-hydrogen) atoms. The van der Waals surface area contributed by atoms with E-state index in [9.17, 15) is 9.59 Å². The van der Waals surface area contributed by atoms with Crippen LogP contribution in [0.3, 0.4) is 0 Å². The molecular weight excluding hydrogens is 360 g/mol. The van der Waals surface area contributed by atoms with Crippen molar-refractivity contribution < 1.29 is 9.21 Å². The molecule has 6 heteroatoms. The standard InChI is InChI=1S/C21H24N2O3S/c24-19(22-20(15-7-1-2-8-15)18-11-6-14-27-18)12-5-13-23-16-9-3-4-10-17(16)26-21(23)25/h3-4,6,9-11,14-15,20H,1-2,5,7-8,12-13H2,(H,22,24). The number of aryl methyl sites for hydroxylation is 1. The summed E-state index contributed by atoms with van der Waals surface area (Å²) in [4.78, 5) is 25.8. The van der Waals surface area contributed by atoms with Gasteiger partial charge in [0.1, 0.15) is 0 Å². The quantitative estimate of drug-likeness (QED) is 0.653. The van der Waals surface area contributed by atoms with E-state index < -0.39 is 0 Å². The van der Waals surface area contributed by atoms with Gasteiger partial charge in [-0.05, 0) is 48.8 Å². The largest absolute Gasteiger partial charge is 0.419 e. The molecule has 1 aliphatic carbocycles. The minimum atomic E-state index is -0.362. The third-order valence-corrected chi connectivity index (χ3v) is 6.35. The highest BCUT2D eigenvalue weighted by Crippen LogP contribution is 2.37. The molecule has 0 radical (unpaired) electrons. The first-order chi connectivity index (χ1) is 13.2. The fraction of sp³-hybridized carbons (Fsp3) is 0.429. The van der Waals surface area contributed by atoms with Crippen LogP contribution in [0.4, 0.5) is 0 Å². The predicted molar refractivity (Wildman–Crippen MR) is 107 cm³/mol. The van der Waals surface area contributed by atoms with Crippen molar-refractivity contribution in [3.05, 3.63) is 57.2 Å². The van der Waals surface area contributed by atoms with Gasteiger partial charge in [-0.15, -0.1) is 11.3 Å². The van der Waals surface area contributed by atoms with Crippen molar-refractivity contribution in [2.45, 2.75) is 51.1 Å². The Balaban J connectivity index is 1.37. The molecule has 1 aliphatic rings. The van der Waals surface area contributed by atoms with Crippen molar-refractivity contribution in [3.63, 3.8) is 0 Å². The fourth-order valence-electron chi connectivity index (χ4n) is 4.05. The lowest BCUT2D eigenvalue weighted by atomic mass is 9.96. The molecule has 0 saturated heterocycles. The summed E-state index contributed by atoms with van der Waals surface area (Å²) in [5.74, 6) is 0.230. The average molecular weight is 385 g/mol. The number of nitrogens with one attached hydrogen (secondary N) is 1. The Hall–Kier alpha value is -2.34. The first-order valence-electron chi connectivity index (χ1n) is 9.63. The lowest BCUT2D eigenvalue weighted by Gasteiger charge is -2.23. The van der Waals surface area contributed by atoms with Gasteiger partial charge in [-0.2, -0.15) is 0 Å². The van der Waals surface area contributed by atoms with Gasteiger partial charge >= 0.3 is 5.76 Å². The molecule has 0 aliphatic heterocycles. The van der Waals surface area contributed by atoms with Crippen molar-refractivity contribution in [2.24, 2.45) is 5.92 Å². The van der Waals surface area contributed by atoms with Crippen LogP contribution in [-0.2, 0) is 11.3 Å². The summed E-state index contributed by atoms with van der Waals surface area (Å²) < 4.78 is 6.85. The van der Waals surface area contributed by atoms with E-state index in [-0.39, 0.29) is 17.7 Å². The zero-order valence-electron chi connectivity index (χ0n) is 15.2. The third-order valence-electron chi connectivity index (χ3n) is 5.40. The number of hydrogen-bond acceptors (Lipinski definition) is 4. The molecule has 1 amide bonds. The van der Waals surface area contributed by atoms with Crippen molar-refractivity contribution in [2.75, 3.05) is 0 Å². The minimum Gasteiger partial charge on any atom is -0.408 e. The maximum atomic E-state index is 12.6. The topological polar surface area (TPSA) is 64.2 Å². The number of para-hydroxylation sites is 2. The van der Waals surface area contributed by atoms with Crippen molar-refractivity contribution in [1.29, 1.82) is 0 Å². The van der Waals surface area contributed by atoms with Gasteiger partial charge in [0.25, 0.3) is 0 Å². The second-order valence-electron chi connectivity index (χ2n) is 7.20. The van der Waals surface area contributed by atoms with Crippen LogP contribution in [0.5, 0.6) is 0 Å². The number of thiophene rings is 1. The van der Waals surface area contributed by atoms with E-state index in [1.54, 1.807) is 22.0 Å². The smallest absolute Gasteiger partial charge is 0.408 e. The summed E-state index contributed by atoms with van der Waals surface area (Å²) in [7, 11) is 0. The lowest BCUT2D eigenvalue weighted by Crippen LogP contribution is -2.32. The highest BCUT2D eigenvalue weighted by atomic mass is 32.1. The number of hydrogen-bond donors (Lipinski definition) is 1. The molecule has 0 bridgehead atoms. The zero-order chi connectivity index (χ0) is 18.6. The summed E-state index contributed by atoms with van der Waals surface area (Å²) in [6.07, 6.45) is 5.87. The Morgan fingerprint density at radius 1 is 1.22 bits per heavy atom. The van der Waals surface area contributed by atoms with E-state index >= 15 is 0 Å². The number of carbonyl (C=O) groups excluding carboxylic acids is 1. The maximum absolute atomic E-state index is 12.6. The highest BCUT2D eigenvalue weighted by Gasteiger charge is 2.28. The predicted octanol–water partition coefficient (Wildman–Crippen LogP) is 4.48. The van der Waals surface area contributed by atoms with Crippen molar-refractivity contribution >= 4 is 28.3 Å². The molecule has 0 spiro atoms. The Kier molecular flexibility index (Phi) is 5.43. The number of amides is 1. The monoisotopic (exact) mass is 384 g/mol. The van der Waals surface area contributed by atoms with E-state index in [2.05, 4.69) is 16.8 Å². The number of rotatable bonds is 7. The lowest BCUT2D eigenvalue weighted by molar-refractivity contribution is -0.122. The fourth-order valence-corrected chi connectivity index (χ4v) is 4.92. The minimum absolute atomic E-state index is 0.0566. The molecule has 1 aromatic carbocycles. The molecule has 1 unspecified atom stereocenters. The summed E-state index contributed by atoms with van der Waals surface area (Å²) in [6.45, 7) is 0.483. The van der Waals surface area contributed by atoms with Crippen LogP contribution in [0, 0.1) is 5.92 Å². The molecule has 1 N–H and O–H groups in total. The van der Waals surface area contributed by atoms with E-state index in [1.165, 1.54) is 30.6 Å². The normalized spacial score (nSPS) is 16.0. The highest BCUT2D eigenvalue weighted by molar-refractivity contribution is 7.10.